The maximum absolute atomic E-state index is 13.1. The zero-order valence-electron chi connectivity index (χ0n) is 19.6. The van der Waals surface area contributed by atoms with E-state index < -0.39 is 10.0 Å². The van der Waals surface area contributed by atoms with Crippen LogP contribution in [0.15, 0.2) is 35.4 Å². The second-order valence-electron chi connectivity index (χ2n) is 8.39. The van der Waals surface area contributed by atoms with Crippen LogP contribution in [0, 0.1) is 5.92 Å². The van der Waals surface area contributed by atoms with Crippen LogP contribution in [0.2, 0.25) is 0 Å². The third kappa shape index (κ3) is 4.62. The van der Waals surface area contributed by atoms with E-state index in [-0.39, 0.29) is 29.4 Å². The first-order valence-corrected chi connectivity index (χ1v) is 12.8. The zero-order valence-corrected chi connectivity index (χ0v) is 20.4. The number of piperidine rings is 1. The Balaban J connectivity index is 1.37. The van der Waals surface area contributed by atoms with Gasteiger partial charge in [-0.15, -0.1) is 0 Å². The van der Waals surface area contributed by atoms with Gasteiger partial charge in [-0.2, -0.15) is 4.31 Å². The van der Waals surface area contributed by atoms with E-state index in [1.807, 2.05) is 0 Å². The number of fused-ring (bicyclic) bond motifs is 1. The first-order valence-electron chi connectivity index (χ1n) is 11.4. The Morgan fingerprint density at radius 3 is 2.44 bits per heavy atom. The number of benzene rings is 1. The highest BCUT2D eigenvalue weighted by molar-refractivity contribution is 7.89. The molecule has 0 aliphatic carbocycles. The van der Waals surface area contributed by atoms with Gasteiger partial charge >= 0.3 is 0 Å². The molecule has 2 aromatic rings. The Labute approximate surface area is 199 Å². The largest absolute Gasteiger partial charge is 0.454 e. The second kappa shape index (κ2) is 9.67. The average molecular weight is 491 g/mol. The Morgan fingerprint density at radius 2 is 1.76 bits per heavy atom. The Bertz CT molecular complexity index is 1180. The van der Waals surface area contributed by atoms with Crippen molar-refractivity contribution in [3.63, 3.8) is 0 Å². The fourth-order valence-electron chi connectivity index (χ4n) is 4.33. The summed E-state index contributed by atoms with van der Waals surface area (Å²) in [5, 5.41) is 2.91. The highest BCUT2D eigenvalue weighted by Gasteiger charge is 2.31. The lowest BCUT2D eigenvalue weighted by Crippen LogP contribution is -2.42. The van der Waals surface area contributed by atoms with Crippen LogP contribution < -0.4 is 14.8 Å². The van der Waals surface area contributed by atoms with Crippen molar-refractivity contribution in [2.45, 2.75) is 31.6 Å². The number of hydrogen-bond donors (Lipinski definition) is 1. The zero-order chi connectivity index (χ0) is 24.5. The van der Waals surface area contributed by atoms with E-state index in [2.05, 4.69) is 5.32 Å². The topological polar surface area (TPSA) is 110 Å². The first-order chi connectivity index (χ1) is 16.2. The normalized spacial score (nSPS) is 16.2. The van der Waals surface area contributed by atoms with Gasteiger partial charge in [0.15, 0.2) is 11.5 Å². The van der Waals surface area contributed by atoms with Crippen LogP contribution in [-0.4, -0.2) is 67.0 Å². The van der Waals surface area contributed by atoms with E-state index in [4.69, 9.17) is 9.47 Å². The molecule has 184 valence electrons. The molecule has 11 heteroatoms. The molecule has 1 N–H and O–H groups in total. The molecule has 0 atom stereocenters. The molecule has 4 rings (SSSR count). The van der Waals surface area contributed by atoms with E-state index >= 15 is 0 Å². The summed E-state index contributed by atoms with van der Waals surface area (Å²) in [4.78, 5) is 27.6. The number of nitrogens with one attached hydrogen (secondary N) is 1. The number of rotatable bonds is 7. The van der Waals surface area contributed by atoms with Gasteiger partial charge in [0.2, 0.25) is 22.7 Å². The number of carbonyl (C=O) groups excluding carboxylic acids is 2. The molecule has 1 saturated heterocycles. The van der Waals surface area contributed by atoms with Gasteiger partial charge < -0.3 is 24.3 Å². The molecule has 1 aromatic carbocycles. The highest BCUT2D eigenvalue weighted by atomic mass is 32.2. The predicted molar refractivity (Wildman–Crippen MR) is 125 cm³/mol. The van der Waals surface area contributed by atoms with Crippen LogP contribution in [0.3, 0.4) is 0 Å². The summed E-state index contributed by atoms with van der Waals surface area (Å²) >= 11 is 0. The molecule has 0 unspecified atom stereocenters. The van der Waals surface area contributed by atoms with Crippen LogP contribution in [0.5, 0.6) is 11.5 Å². The number of aromatic nitrogens is 1. The smallest absolute Gasteiger partial charge is 0.270 e. The quantitative estimate of drug-likeness (QED) is 0.638. The van der Waals surface area contributed by atoms with Gasteiger partial charge in [-0.25, -0.2) is 8.42 Å². The standard InChI is InChI=1S/C23H30N4O6S/c1-4-27(5-2)34(30,31)18-13-19(25(3)14-18)23(29)26-10-8-16(9-11-26)22(28)24-17-6-7-20-21(12-17)33-15-32-20/h6-7,12-14,16H,4-5,8-11,15H2,1-3H3,(H,24,28). The van der Waals surface area contributed by atoms with E-state index in [1.165, 1.54) is 16.6 Å². The highest BCUT2D eigenvalue weighted by Crippen LogP contribution is 2.34. The summed E-state index contributed by atoms with van der Waals surface area (Å²) < 4.78 is 39.2. The molecule has 0 radical (unpaired) electrons. The van der Waals surface area contributed by atoms with Crippen molar-refractivity contribution in [3.05, 3.63) is 36.2 Å². The minimum Gasteiger partial charge on any atom is -0.454 e. The molecule has 3 heterocycles. The van der Waals surface area contributed by atoms with Crippen LogP contribution in [0.25, 0.3) is 0 Å². The van der Waals surface area contributed by atoms with Gasteiger partial charge in [0.1, 0.15) is 10.6 Å². The van der Waals surface area contributed by atoms with Gasteiger partial charge in [0, 0.05) is 57.1 Å². The molecular formula is C23H30N4O6S. The SMILES string of the molecule is CCN(CC)S(=O)(=O)c1cc(C(=O)N2CCC(C(=O)Nc3ccc4c(c3)OCO4)CC2)n(C)c1. The van der Waals surface area contributed by atoms with Crippen molar-refractivity contribution < 1.29 is 27.5 Å². The fraction of sp³-hybridized carbons (Fsp3) is 0.478. The second-order valence-corrected chi connectivity index (χ2v) is 10.3. The lowest BCUT2D eigenvalue weighted by atomic mass is 9.95. The number of likely N-dealkylation sites (tertiary alicyclic amines) is 1. The molecule has 0 bridgehead atoms. The molecule has 34 heavy (non-hydrogen) atoms. The van der Waals surface area contributed by atoms with Gasteiger partial charge in [0.05, 0.1) is 0 Å². The first kappa shape index (κ1) is 24.1. The summed E-state index contributed by atoms with van der Waals surface area (Å²) in [6.07, 6.45) is 2.53. The molecule has 10 nitrogen and oxygen atoms in total. The van der Waals surface area contributed by atoms with Crippen LogP contribution in [0.1, 0.15) is 37.2 Å². The summed E-state index contributed by atoms with van der Waals surface area (Å²) in [6.45, 7) is 5.29. The van der Waals surface area contributed by atoms with Gasteiger partial charge in [-0.05, 0) is 31.0 Å². The molecule has 0 saturated carbocycles. The van der Waals surface area contributed by atoms with E-state index in [0.29, 0.717) is 61.9 Å². The third-order valence-corrected chi connectivity index (χ3v) is 8.35. The number of sulfonamides is 1. The number of hydrogen-bond acceptors (Lipinski definition) is 6. The Hall–Kier alpha value is -3.05. The molecule has 2 aliphatic rings. The molecular weight excluding hydrogens is 460 g/mol. The maximum atomic E-state index is 13.1. The minimum absolute atomic E-state index is 0.0996. The number of carbonyl (C=O) groups is 2. The number of anilines is 1. The van der Waals surface area contributed by atoms with Crippen molar-refractivity contribution in [1.82, 2.24) is 13.8 Å². The summed E-state index contributed by atoms with van der Waals surface area (Å²) in [5.41, 5.74) is 0.951. The lowest BCUT2D eigenvalue weighted by molar-refractivity contribution is -0.121. The lowest BCUT2D eigenvalue weighted by Gasteiger charge is -2.31. The van der Waals surface area contributed by atoms with Crippen molar-refractivity contribution >= 4 is 27.5 Å². The van der Waals surface area contributed by atoms with Crippen molar-refractivity contribution in [2.75, 3.05) is 38.3 Å². The van der Waals surface area contributed by atoms with Gasteiger partial charge in [-0.3, -0.25) is 9.59 Å². The molecule has 0 spiro atoms. The van der Waals surface area contributed by atoms with E-state index in [0.717, 1.165) is 0 Å². The number of ether oxygens (including phenoxy) is 2. The van der Waals surface area contributed by atoms with Crippen LogP contribution in [-0.2, 0) is 21.9 Å². The molecule has 2 aliphatic heterocycles. The third-order valence-electron chi connectivity index (χ3n) is 6.34. The summed E-state index contributed by atoms with van der Waals surface area (Å²) in [6, 6.07) is 6.70. The van der Waals surface area contributed by atoms with Crippen molar-refractivity contribution in [3.8, 4) is 11.5 Å². The minimum atomic E-state index is -3.65. The van der Waals surface area contributed by atoms with Crippen LogP contribution >= 0.6 is 0 Å². The number of aryl methyl sites for hydroxylation is 1. The van der Waals surface area contributed by atoms with Crippen LogP contribution in [0.4, 0.5) is 5.69 Å². The van der Waals surface area contributed by atoms with Gasteiger partial charge in [-0.1, -0.05) is 13.8 Å². The molecule has 1 aromatic heterocycles. The Kier molecular flexibility index (Phi) is 6.85. The number of nitrogens with zero attached hydrogens (tertiary/aromatic N) is 3. The van der Waals surface area contributed by atoms with E-state index in [9.17, 15) is 18.0 Å². The maximum Gasteiger partial charge on any atom is 0.270 e. The van der Waals surface area contributed by atoms with E-state index in [1.54, 1.807) is 48.6 Å². The van der Waals surface area contributed by atoms with Gasteiger partial charge in [0.25, 0.3) is 5.91 Å². The van der Waals surface area contributed by atoms with Crippen molar-refractivity contribution in [1.29, 1.82) is 0 Å². The fourth-order valence-corrected chi connectivity index (χ4v) is 5.86. The summed E-state index contributed by atoms with van der Waals surface area (Å²) in [7, 11) is -1.98. The monoisotopic (exact) mass is 490 g/mol. The summed E-state index contributed by atoms with van der Waals surface area (Å²) in [5.74, 6) is 0.693. The number of amides is 2. The average Bonchev–Trinajstić information content (AvgIpc) is 3.45. The molecule has 1 fully saturated rings. The molecule has 2 amide bonds. The predicted octanol–water partition coefficient (Wildman–Crippen LogP) is 2.28. The Morgan fingerprint density at radius 1 is 1.09 bits per heavy atom. The van der Waals surface area contributed by atoms with Crippen molar-refractivity contribution in [2.24, 2.45) is 13.0 Å².